The van der Waals surface area contributed by atoms with Gasteiger partial charge in [-0.05, 0) is 110 Å². The standard InChI is InChI=1S/C40H28ClN3.2C2H6/c41-23-28-16-40(27-44-24-28)34-11-3-10-33(19-34)39-21-37(31-8-1-6-29(17-31)35-12-4-14-42-25-35)20-38(22-39)32-9-2-7-30(18-32)36-13-5-15-43-26-36;2*1-2/h1-22,24-27H,23H2;2*1-2H3. The normalized spacial score (nSPS) is 10.3. The van der Waals surface area contributed by atoms with Crippen molar-refractivity contribution >= 4 is 11.6 Å². The van der Waals surface area contributed by atoms with E-state index in [1.165, 1.54) is 0 Å². The minimum Gasteiger partial charge on any atom is -0.264 e. The van der Waals surface area contributed by atoms with Crippen LogP contribution in [0.1, 0.15) is 33.3 Å². The number of aromatic nitrogens is 3. The summed E-state index contributed by atoms with van der Waals surface area (Å²) >= 11 is 6.12. The average molecular weight is 646 g/mol. The van der Waals surface area contributed by atoms with E-state index in [2.05, 4.69) is 124 Å². The van der Waals surface area contributed by atoms with Crippen LogP contribution in [-0.2, 0) is 5.88 Å². The van der Waals surface area contributed by atoms with Gasteiger partial charge in [-0.2, -0.15) is 0 Å². The van der Waals surface area contributed by atoms with Crippen LogP contribution in [0.3, 0.4) is 0 Å². The molecule has 0 saturated carbocycles. The number of rotatable bonds is 7. The third kappa shape index (κ3) is 8.12. The van der Waals surface area contributed by atoms with E-state index in [9.17, 15) is 0 Å². The predicted octanol–water partition coefficient (Wildman–Crippen LogP) is 12.7. The smallest absolute Gasteiger partial charge is 0.0489 e. The van der Waals surface area contributed by atoms with Crippen LogP contribution in [0.2, 0.25) is 0 Å². The van der Waals surface area contributed by atoms with Crippen LogP contribution < -0.4 is 0 Å². The largest absolute Gasteiger partial charge is 0.264 e. The van der Waals surface area contributed by atoms with Gasteiger partial charge in [0.25, 0.3) is 0 Å². The first kappa shape index (κ1) is 34.0. The summed E-state index contributed by atoms with van der Waals surface area (Å²) in [6.07, 6.45) is 11.1. The molecule has 0 amide bonds. The van der Waals surface area contributed by atoms with Gasteiger partial charge in [0.05, 0.1) is 0 Å². The molecule has 0 aliphatic heterocycles. The fourth-order valence-corrected chi connectivity index (χ4v) is 5.69. The molecule has 0 aliphatic rings. The van der Waals surface area contributed by atoms with Gasteiger partial charge in [-0.25, -0.2) is 0 Å². The Kier molecular flexibility index (Phi) is 12.0. The lowest BCUT2D eigenvalue weighted by Crippen LogP contribution is -1.89. The minimum absolute atomic E-state index is 0.433. The first-order valence-corrected chi connectivity index (χ1v) is 17.0. The Morgan fingerprint density at radius 1 is 0.354 bits per heavy atom. The molecule has 4 heteroatoms. The zero-order valence-corrected chi connectivity index (χ0v) is 28.7. The summed E-state index contributed by atoms with van der Waals surface area (Å²) < 4.78 is 0. The Morgan fingerprint density at radius 2 is 0.688 bits per heavy atom. The van der Waals surface area contributed by atoms with Crippen molar-refractivity contribution in [3.05, 3.63) is 164 Å². The first-order chi connectivity index (χ1) is 23.7. The molecule has 0 aliphatic carbocycles. The van der Waals surface area contributed by atoms with E-state index < -0.39 is 0 Å². The number of pyridine rings is 3. The molecule has 0 bridgehead atoms. The second kappa shape index (κ2) is 17.0. The van der Waals surface area contributed by atoms with Crippen LogP contribution in [0.5, 0.6) is 0 Å². The molecule has 48 heavy (non-hydrogen) atoms. The molecule has 3 aromatic heterocycles. The monoisotopic (exact) mass is 645 g/mol. The van der Waals surface area contributed by atoms with E-state index in [4.69, 9.17) is 11.6 Å². The molecule has 0 N–H and O–H groups in total. The molecule has 0 radical (unpaired) electrons. The molecule has 0 atom stereocenters. The van der Waals surface area contributed by atoms with Crippen LogP contribution in [0.15, 0.2) is 159 Å². The second-order valence-corrected chi connectivity index (χ2v) is 11.0. The van der Waals surface area contributed by atoms with Crippen molar-refractivity contribution in [2.75, 3.05) is 0 Å². The molecule has 0 unspecified atom stereocenters. The second-order valence-electron chi connectivity index (χ2n) is 10.7. The van der Waals surface area contributed by atoms with Crippen molar-refractivity contribution in [1.29, 1.82) is 0 Å². The predicted molar refractivity (Wildman–Crippen MR) is 205 cm³/mol. The Hall–Kier alpha value is -5.38. The topological polar surface area (TPSA) is 38.7 Å². The van der Waals surface area contributed by atoms with Gasteiger partial charge in [0.15, 0.2) is 0 Å². The fraction of sp³-hybridized carbons (Fsp3) is 0.114. The van der Waals surface area contributed by atoms with Crippen molar-refractivity contribution in [2.24, 2.45) is 0 Å². The van der Waals surface area contributed by atoms with Crippen molar-refractivity contribution in [3.63, 3.8) is 0 Å². The van der Waals surface area contributed by atoms with E-state index in [-0.39, 0.29) is 0 Å². The quantitative estimate of drug-likeness (QED) is 0.162. The summed E-state index contributed by atoms with van der Waals surface area (Å²) in [6, 6.07) is 43.1. The number of benzene rings is 4. The lowest BCUT2D eigenvalue weighted by atomic mass is 9.90. The van der Waals surface area contributed by atoms with Crippen LogP contribution in [0.25, 0.3) is 66.8 Å². The molecule has 238 valence electrons. The number of hydrogen-bond acceptors (Lipinski definition) is 3. The zero-order chi connectivity index (χ0) is 33.7. The van der Waals surface area contributed by atoms with E-state index >= 15 is 0 Å². The lowest BCUT2D eigenvalue weighted by Gasteiger charge is -2.14. The molecule has 0 fully saturated rings. The lowest BCUT2D eigenvalue weighted by molar-refractivity contribution is 1.25. The summed E-state index contributed by atoms with van der Waals surface area (Å²) in [5.74, 6) is 0.433. The highest BCUT2D eigenvalue weighted by Crippen LogP contribution is 2.36. The molecule has 3 nitrogen and oxygen atoms in total. The average Bonchev–Trinajstić information content (AvgIpc) is 3.20. The molecule has 0 spiro atoms. The van der Waals surface area contributed by atoms with Crippen molar-refractivity contribution < 1.29 is 0 Å². The Labute approximate surface area is 290 Å². The number of halogens is 1. The van der Waals surface area contributed by atoms with Gasteiger partial charge in [0, 0.05) is 59.8 Å². The van der Waals surface area contributed by atoms with Gasteiger partial charge in [-0.1, -0.05) is 94.4 Å². The maximum atomic E-state index is 6.12. The highest BCUT2D eigenvalue weighted by atomic mass is 35.5. The van der Waals surface area contributed by atoms with Crippen molar-refractivity contribution in [2.45, 2.75) is 33.6 Å². The maximum Gasteiger partial charge on any atom is 0.0489 e. The molecular weight excluding hydrogens is 606 g/mol. The fourth-order valence-electron chi connectivity index (χ4n) is 5.55. The number of alkyl halides is 1. The van der Waals surface area contributed by atoms with Gasteiger partial charge >= 0.3 is 0 Å². The highest BCUT2D eigenvalue weighted by Gasteiger charge is 2.11. The summed E-state index contributed by atoms with van der Waals surface area (Å²) in [5.41, 5.74) is 14.5. The van der Waals surface area contributed by atoms with Crippen LogP contribution in [0.4, 0.5) is 0 Å². The third-order valence-corrected chi connectivity index (χ3v) is 8.10. The highest BCUT2D eigenvalue weighted by molar-refractivity contribution is 6.17. The molecule has 0 saturated heterocycles. The van der Waals surface area contributed by atoms with Crippen molar-refractivity contribution in [3.8, 4) is 66.8 Å². The number of nitrogens with zero attached hydrogens (tertiary/aromatic N) is 3. The van der Waals surface area contributed by atoms with Gasteiger partial charge < -0.3 is 0 Å². The summed E-state index contributed by atoms with van der Waals surface area (Å²) in [4.78, 5) is 13.1. The Bertz CT molecular complexity index is 1960. The Balaban J connectivity index is 0.00000109. The van der Waals surface area contributed by atoms with Gasteiger partial charge in [0.2, 0.25) is 0 Å². The van der Waals surface area contributed by atoms with Crippen LogP contribution in [0, 0.1) is 0 Å². The SMILES string of the molecule is CC.CC.ClCc1cncc(-c2cccc(-c3cc(-c4cccc(-c5cccnc5)c4)cc(-c4cccc(-c5cccnc5)c4)c3)c2)c1. The third-order valence-electron chi connectivity index (χ3n) is 7.79. The van der Waals surface area contributed by atoms with Gasteiger partial charge in [-0.15, -0.1) is 11.6 Å². The summed E-state index contributed by atoms with van der Waals surface area (Å²) in [7, 11) is 0. The molecular formula is C44H40ClN3. The minimum atomic E-state index is 0.433. The summed E-state index contributed by atoms with van der Waals surface area (Å²) in [6.45, 7) is 8.00. The molecule has 4 aromatic carbocycles. The first-order valence-electron chi connectivity index (χ1n) is 16.5. The van der Waals surface area contributed by atoms with Crippen molar-refractivity contribution in [1.82, 2.24) is 15.0 Å². The van der Waals surface area contributed by atoms with E-state index in [0.29, 0.717) is 5.88 Å². The molecule has 7 rings (SSSR count). The summed E-state index contributed by atoms with van der Waals surface area (Å²) in [5, 5.41) is 0. The van der Waals surface area contributed by atoms with Crippen LogP contribution >= 0.6 is 11.6 Å². The molecule has 7 aromatic rings. The number of hydrogen-bond donors (Lipinski definition) is 0. The zero-order valence-electron chi connectivity index (χ0n) is 27.9. The van der Waals surface area contributed by atoms with Gasteiger partial charge in [-0.3, -0.25) is 15.0 Å². The van der Waals surface area contributed by atoms with Gasteiger partial charge in [0.1, 0.15) is 0 Å². The maximum absolute atomic E-state index is 6.12. The molecule has 3 heterocycles. The van der Waals surface area contributed by atoms with E-state index in [1.54, 1.807) is 12.4 Å². The van der Waals surface area contributed by atoms with E-state index in [0.717, 1.165) is 72.3 Å². The van der Waals surface area contributed by atoms with Crippen LogP contribution in [-0.4, -0.2) is 15.0 Å². The Morgan fingerprint density at radius 3 is 1.06 bits per heavy atom. The van der Waals surface area contributed by atoms with E-state index in [1.807, 2.05) is 64.6 Å².